The Morgan fingerprint density at radius 3 is 2.55 bits per heavy atom. The van der Waals surface area contributed by atoms with Crippen molar-refractivity contribution in [1.82, 2.24) is 0 Å². The number of nitrogens with two attached hydrogens (primary N) is 2. The smallest absolute Gasteiger partial charge is 0.238 e. The van der Waals surface area contributed by atoms with Gasteiger partial charge >= 0.3 is 0 Å². The van der Waals surface area contributed by atoms with Crippen LogP contribution in [0.5, 0.6) is 0 Å². The number of aliphatic hydroxyl groups excluding tert-OH is 1. The zero-order chi connectivity index (χ0) is 15.2. The van der Waals surface area contributed by atoms with Crippen molar-refractivity contribution in [3.63, 3.8) is 0 Å². The lowest BCUT2D eigenvalue weighted by molar-refractivity contribution is 0.255. The average molecular weight is 301 g/mol. The van der Waals surface area contributed by atoms with Crippen LogP contribution in [0.15, 0.2) is 23.1 Å². The first-order valence-electron chi connectivity index (χ1n) is 6.65. The molecule has 0 aliphatic rings. The van der Waals surface area contributed by atoms with Crippen LogP contribution in [-0.2, 0) is 10.0 Å². The Hall–Kier alpha value is -1.31. The summed E-state index contributed by atoms with van der Waals surface area (Å²) >= 11 is 0. The van der Waals surface area contributed by atoms with Crippen molar-refractivity contribution in [1.29, 1.82) is 0 Å². The summed E-state index contributed by atoms with van der Waals surface area (Å²) in [6.07, 6.45) is 2.74. The molecule has 6 N–H and O–H groups in total. The van der Waals surface area contributed by atoms with Crippen molar-refractivity contribution in [3.05, 3.63) is 18.2 Å². The van der Waals surface area contributed by atoms with Gasteiger partial charge in [0.2, 0.25) is 10.0 Å². The fourth-order valence-corrected chi connectivity index (χ4v) is 2.68. The van der Waals surface area contributed by atoms with Crippen molar-refractivity contribution in [2.45, 2.75) is 31.1 Å². The first-order valence-corrected chi connectivity index (χ1v) is 8.19. The summed E-state index contributed by atoms with van der Waals surface area (Å²) in [5.41, 5.74) is 6.64. The third-order valence-corrected chi connectivity index (χ3v) is 3.98. The summed E-state index contributed by atoms with van der Waals surface area (Å²) in [6.45, 7) is 2.89. The van der Waals surface area contributed by atoms with Gasteiger partial charge in [-0.3, -0.25) is 0 Å². The van der Waals surface area contributed by atoms with E-state index in [1.54, 1.807) is 6.07 Å². The fourth-order valence-electron chi connectivity index (χ4n) is 2.09. The van der Waals surface area contributed by atoms with E-state index in [0.717, 1.165) is 12.8 Å². The van der Waals surface area contributed by atoms with Crippen LogP contribution < -0.4 is 16.2 Å². The summed E-state index contributed by atoms with van der Waals surface area (Å²) in [5, 5.41) is 17.3. The molecule has 114 valence electrons. The molecule has 1 aromatic rings. The van der Waals surface area contributed by atoms with E-state index in [0.29, 0.717) is 30.3 Å². The Kier molecular flexibility index (Phi) is 6.25. The van der Waals surface area contributed by atoms with E-state index in [1.165, 1.54) is 12.1 Å². The number of anilines is 2. The molecule has 1 aromatic carbocycles. The quantitative estimate of drug-likeness (QED) is 0.537. The molecule has 0 radical (unpaired) electrons. The monoisotopic (exact) mass is 301 g/mol. The lowest BCUT2D eigenvalue weighted by Gasteiger charge is -2.17. The number of benzene rings is 1. The highest BCUT2D eigenvalue weighted by Gasteiger charge is 2.11. The molecule has 0 aliphatic heterocycles. The van der Waals surface area contributed by atoms with Crippen LogP contribution >= 0.6 is 0 Å². The largest absolute Gasteiger partial charge is 0.399 e. The Balaban J connectivity index is 2.79. The van der Waals surface area contributed by atoms with Gasteiger partial charge in [0.15, 0.2) is 0 Å². The number of primary sulfonamides is 1. The lowest BCUT2D eigenvalue weighted by atomic mass is 10.0. The summed E-state index contributed by atoms with van der Waals surface area (Å²) in [5.74, 6) is 0.337. The molecular weight excluding hydrogens is 278 g/mol. The first-order chi connectivity index (χ1) is 9.36. The van der Waals surface area contributed by atoms with Gasteiger partial charge in [0.25, 0.3) is 0 Å². The standard InChI is InChI=1S/C13H23N3O3S/c1-2-3-10(4-5-17)9-16-12-6-11(14)7-13(8-12)20(15,18)19/h6-8,10,16-17H,2-5,9,14H2,1H3,(H2,15,18,19). The fraction of sp³-hybridized carbons (Fsp3) is 0.538. The van der Waals surface area contributed by atoms with Crippen molar-refractivity contribution >= 4 is 21.4 Å². The maximum absolute atomic E-state index is 11.3. The summed E-state index contributed by atoms with van der Waals surface area (Å²) in [4.78, 5) is -0.00537. The third-order valence-electron chi connectivity index (χ3n) is 3.09. The van der Waals surface area contributed by atoms with Crippen molar-refractivity contribution in [3.8, 4) is 0 Å². The van der Waals surface area contributed by atoms with Crippen LogP contribution in [0.25, 0.3) is 0 Å². The minimum atomic E-state index is -3.77. The number of nitrogens with one attached hydrogen (secondary N) is 1. The van der Waals surface area contributed by atoms with E-state index in [4.69, 9.17) is 16.0 Å². The molecule has 7 heteroatoms. The van der Waals surface area contributed by atoms with Crippen LogP contribution in [0.4, 0.5) is 11.4 Å². The summed E-state index contributed by atoms with van der Waals surface area (Å²) < 4.78 is 22.7. The van der Waals surface area contributed by atoms with Crippen molar-refractivity contribution in [2.75, 3.05) is 24.2 Å². The second kappa shape index (κ2) is 7.47. The molecule has 0 aliphatic carbocycles. The Morgan fingerprint density at radius 2 is 2.00 bits per heavy atom. The van der Waals surface area contributed by atoms with Gasteiger partial charge in [-0.1, -0.05) is 13.3 Å². The minimum Gasteiger partial charge on any atom is -0.399 e. The molecular formula is C13H23N3O3S. The molecule has 1 atom stereocenters. The first kappa shape index (κ1) is 16.7. The number of nitrogen functional groups attached to an aromatic ring is 1. The molecule has 20 heavy (non-hydrogen) atoms. The topological polar surface area (TPSA) is 118 Å². The van der Waals surface area contributed by atoms with Gasteiger partial charge in [-0.05, 0) is 37.0 Å². The van der Waals surface area contributed by atoms with Gasteiger partial charge in [-0.15, -0.1) is 0 Å². The van der Waals surface area contributed by atoms with E-state index in [2.05, 4.69) is 12.2 Å². The van der Waals surface area contributed by atoms with Gasteiger partial charge in [-0.2, -0.15) is 0 Å². The Morgan fingerprint density at radius 1 is 1.30 bits per heavy atom. The van der Waals surface area contributed by atoms with Gasteiger partial charge in [-0.25, -0.2) is 13.6 Å². The molecule has 0 saturated heterocycles. The summed E-state index contributed by atoms with van der Waals surface area (Å²) in [7, 11) is -3.77. The zero-order valence-electron chi connectivity index (χ0n) is 11.7. The van der Waals surface area contributed by atoms with Crippen LogP contribution in [0, 0.1) is 5.92 Å². The molecule has 1 unspecified atom stereocenters. The van der Waals surface area contributed by atoms with E-state index in [-0.39, 0.29) is 11.5 Å². The molecule has 0 fully saturated rings. The van der Waals surface area contributed by atoms with Crippen molar-refractivity contribution in [2.24, 2.45) is 11.1 Å². The van der Waals surface area contributed by atoms with E-state index in [1.807, 2.05) is 0 Å². The zero-order valence-corrected chi connectivity index (χ0v) is 12.5. The predicted octanol–water partition coefficient (Wildman–Crippen LogP) is 1.13. The highest BCUT2D eigenvalue weighted by Crippen LogP contribution is 2.21. The SMILES string of the molecule is CCCC(CCO)CNc1cc(N)cc(S(N)(=O)=O)c1. The summed E-state index contributed by atoms with van der Waals surface area (Å²) in [6, 6.07) is 4.46. The average Bonchev–Trinajstić information content (AvgIpc) is 2.35. The molecule has 1 rings (SSSR count). The molecule has 0 aromatic heterocycles. The van der Waals surface area contributed by atoms with Crippen LogP contribution in [0.1, 0.15) is 26.2 Å². The van der Waals surface area contributed by atoms with E-state index in [9.17, 15) is 8.42 Å². The second-order valence-corrected chi connectivity index (χ2v) is 6.45. The number of sulfonamides is 1. The number of hydrogen-bond donors (Lipinski definition) is 4. The normalized spacial score (nSPS) is 13.2. The third kappa shape index (κ3) is 5.36. The van der Waals surface area contributed by atoms with Gasteiger partial charge in [0.1, 0.15) is 0 Å². The Bertz CT molecular complexity index is 526. The molecule has 0 amide bonds. The van der Waals surface area contributed by atoms with Crippen LogP contribution in [0.3, 0.4) is 0 Å². The maximum Gasteiger partial charge on any atom is 0.238 e. The Labute approximate surface area is 120 Å². The van der Waals surface area contributed by atoms with Gasteiger partial charge < -0.3 is 16.2 Å². The highest BCUT2D eigenvalue weighted by atomic mass is 32.2. The maximum atomic E-state index is 11.3. The second-order valence-electron chi connectivity index (χ2n) is 4.88. The number of hydrogen-bond acceptors (Lipinski definition) is 5. The molecule has 6 nitrogen and oxygen atoms in total. The molecule has 0 heterocycles. The van der Waals surface area contributed by atoms with Gasteiger partial charge in [0, 0.05) is 24.5 Å². The highest BCUT2D eigenvalue weighted by molar-refractivity contribution is 7.89. The predicted molar refractivity (Wildman–Crippen MR) is 80.8 cm³/mol. The van der Waals surface area contributed by atoms with Crippen LogP contribution in [0.2, 0.25) is 0 Å². The molecule has 0 bridgehead atoms. The van der Waals surface area contributed by atoms with Crippen LogP contribution in [-0.4, -0.2) is 26.7 Å². The molecule has 0 saturated carbocycles. The molecule has 0 spiro atoms. The number of aliphatic hydroxyl groups is 1. The van der Waals surface area contributed by atoms with Gasteiger partial charge in [0.05, 0.1) is 4.90 Å². The lowest BCUT2D eigenvalue weighted by Crippen LogP contribution is -2.17. The van der Waals surface area contributed by atoms with E-state index < -0.39 is 10.0 Å². The number of rotatable bonds is 8. The minimum absolute atomic E-state index is 0.00537. The van der Waals surface area contributed by atoms with Crippen molar-refractivity contribution < 1.29 is 13.5 Å². The van der Waals surface area contributed by atoms with E-state index >= 15 is 0 Å².